The quantitative estimate of drug-likeness (QED) is 0.752. The molecule has 18 heavy (non-hydrogen) atoms. The number of hydrogen-bond donors (Lipinski definition) is 3. The Bertz CT molecular complexity index is 521. The third kappa shape index (κ3) is 2.43. The standard InChI is InChI=1S/C11H20N4O2S/c1-11(2)5-3-4-9(11)15-18(16,17)10-8(6-12)7-13-14-10/h7,9,15H,3-6,12H2,1-2H3,(H,13,14). The van der Waals surface area contributed by atoms with Gasteiger partial charge in [0, 0.05) is 18.2 Å². The molecule has 0 radical (unpaired) electrons. The average molecular weight is 272 g/mol. The van der Waals surface area contributed by atoms with Crippen LogP contribution < -0.4 is 10.5 Å². The topological polar surface area (TPSA) is 101 Å². The van der Waals surface area contributed by atoms with Crippen molar-refractivity contribution in [1.82, 2.24) is 14.9 Å². The maximum Gasteiger partial charge on any atom is 0.258 e. The first-order valence-corrected chi connectivity index (χ1v) is 7.60. The van der Waals surface area contributed by atoms with Crippen molar-refractivity contribution >= 4 is 10.0 Å². The highest BCUT2D eigenvalue weighted by Gasteiger charge is 2.37. The smallest absolute Gasteiger partial charge is 0.258 e. The molecule has 0 amide bonds. The number of nitrogens with two attached hydrogens (primary N) is 1. The maximum atomic E-state index is 12.3. The predicted molar refractivity (Wildman–Crippen MR) is 68.2 cm³/mol. The summed E-state index contributed by atoms with van der Waals surface area (Å²) in [4.78, 5) is 0. The molecule has 0 saturated heterocycles. The second kappa shape index (κ2) is 4.64. The van der Waals surface area contributed by atoms with Crippen molar-refractivity contribution in [3.8, 4) is 0 Å². The predicted octanol–water partition coefficient (Wildman–Crippen LogP) is 0.725. The van der Waals surface area contributed by atoms with Gasteiger partial charge in [0.05, 0.1) is 6.20 Å². The van der Waals surface area contributed by atoms with Crippen molar-refractivity contribution in [3.05, 3.63) is 11.8 Å². The Hall–Kier alpha value is -0.920. The van der Waals surface area contributed by atoms with Crippen LogP contribution in [-0.2, 0) is 16.6 Å². The van der Waals surface area contributed by atoms with Gasteiger partial charge in [-0.15, -0.1) is 0 Å². The lowest BCUT2D eigenvalue weighted by atomic mass is 9.88. The average Bonchev–Trinajstić information content (AvgIpc) is 2.86. The molecule has 1 saturated carbocycles. The number of hydrogen-bond acceptors (Lipinski definition) is 4. The first-order chi connectivity index (χ1) is 8.37. The molecule has 1 aromatic rings. The molecule has 1 aliphatic rings. The summed E-state index contributed by atoms with van der Waals surface area (Å²) in [5.74, 6) is 0. The van der Waals surface area contributed by atoms with Crippen LogP contribution in [0, 0.1) is 5.41 Å². The Morgan fingerprint density at radius 1 is 1.61 bits per heavy atom. The molecular weight excluding hydrogens is 252 g/mol. The van der Waals surface area contributed by atoms with Gasteiger partial charge in [-0.25, -0.2) is 13.1 Å². The van der Waals surface area contributed by atoms with Gasteiger partial charge in [-0.2, -0.15) is 5.10 Å². The number of aromatic amines is 1. The lowest BCUT2D eigenvalue weighted by molar-refractivity contribution is 0.312. The van der Waals surface area contributed by atoms with E-state index in [1.54, 1.807) is 0 Å². The third-order valence-electron chi connectivity index (χ3n) is 3.72. The van der Waals surface area contributed by atoms with Gasteiger partial charge in [0.15, 0.2) is 5.03 Å². The fraction of sp³-hybridized carbons (Fsp3) is 0.727. The molecule has 0 spiro atoms. The van der Waals surface area contributed by atoms with E-state index in [2.05, 4.69) is 28.8 Å². The fourth-order valence-electron chi connectivity index (χ4n) is 2.47. The van der Waals surface area contributed by atoms with Crippen LogP contribution in [0.15, 0.2) is 11.2 Å². The third-order valence-corrected chi connectivity index (χ3v) is 5.21. The van der Waals surface area contributed by atoms with Crippen LogP contribution in [0.4, 0.5) is 0 Å². The van der Waals surface area contributed by atoms with Gasteiger partial charge in [-0.05, 0) is 18.3 Å². The highest BCUT2D eigenvalue weighted by atomic mass is 32.2. The van der Waals surface area contributed by atoms with E-state index in [1.807, 2.05) is 0 Å². The van der Waals surface area contributed by atoms with Crippen LogP contribution in [0.2, 0.25) is 0 Å². The highest BCUT2D eigenvalue weighted by Crippen LogP contribution is 2.37. The maximum absolute atomic E-state index is 12.3. The van der Waals surface area contributed by atoms with Gasteiger partial charge in [-0.3, -0.25) is 5.10 Å². The molecule has 4 N–H and O–H groups in total. The van der Waals surface area contributed by atoms with E-state index < -0.39 is 10.0 Å². The van der Waals surface area contributed by atoms with Crippen LogP contribution in [0.3, 0.4) is 0 Å². The van der Waals surface area contributed by atoms with Gasteiger partial charge >= 0.3 is 0 Å². The number of nitrogens with one attached hydrogen (secondary N) is 2. The van der Waals surface area contributed by atoms with E-state index in [1.165, 1.54) is 6.20 Å². The molecule has 1 atom stereocenters. The zero-order valence-electron chi connectivity index (χ0n) is 10.7. The molecule has 1 aromatic heterocycles. The molecule has 102 valence electrons. The van der Waals surface area contributed by atoms with Gasteiger partial charge in [0.2, 0.25) is 0 Å². The second-order valence-corrected chi connectivity index (χ2v) is 7.13. The zero-order chi connectivity index (χ0) is 13.4. The summed E-state index contributed by atoms with van der Waals surface area (Å²) in [6.07, 6.45) is 4.41. The first kappa shape index (κ1) is 13.5. The number of H-pyrrole nitrogens is 1. The lowest BCUT2D eigenvalue weighted by Gasteiger charge is -2.27. The second-order valence-electron chi connectivity index (χ2n) is 5.48. The zero-order valence-corrected chi connectivity index (χ0v) is 11.5. The van der Waals surface area contributed by atoms with Gasteiger partial charge in [-0.1, -0.05) is 20.3 Å². The largest absolute Gasteiger partial charge is 0.326 e. The number of rotatable bonds is 4. The normalized spacial score (nSPS) is 23.4. The minimum Gasteiger partial charge on any atom is -0.326 e. The molecule has 0 bridgehead atoms. The molecule has 1 aliphatic carbocycles. The molecule has 2 rings (SSSR count). The minimum absolute atomic E-state index is 0.00400. The number of aromatic nitrogens is 2. The van der Waals surface area contributed by atoms with E-state index in [4.69, 9.17) is 5.73 Å². The van der Waals surface area contributed by atoms with Gasteiger partial charge < -0.3 is 5.73 Å². The van der Waals surface area contributed by atoms with Gasteiger partial charge in [0.1, 0.15) is 0 Å². The van der Waals surface area contributed by atoms with Crippen molar-refractivity contribution in [2.45, 2.75) is 50.7 Å². The summed E-state index contributed by atoms with van der Waals surface area (Å²) in [6, 6.07) is -0.0311. The van der Waals surface area contributed by atoms with E-state index in [9.17, 15) is 8.42 Å². The molecule has 6 nitrogen and oxygen atoms in total. The Labute approximate surface area is 107 Å². The molecule has 1 unspecified atom stereocenters. The van der Waals surface area contributed by atoms with Crippen molar-refractivity contribution in [2.75, 3.05) is 0 Å². The van der Waals surface area contributed by atoms with E-state index in [-0.39, 0.29) is 23.0 Å². The van der Waals surface area contributed by atoms with Crippen molar-refractivity contribution < 1.29 is 8.42 Å². The van der Waals surface area contributed by atoms with Gasteiger partial charge in [0.25, 0.3) is 10.0 Å². The van der Waals surface area contributed by atoms with Crippen LogP contribution >= 0.6 is 0 Å². The fourth-order valence-corrected chi connectivity index (χ4v) is 4.05. The highest BCUT2D eigenvalue weighted by molar-refractivity contribution is 7.89. The SMILES string of the molecule is CC1(C)CCCC1NS(=O)(=O)c1[nH]ncc1CN. The van der Waals surface area contributed by atoms with Crippen molar-refractivity contribution in [3.63, 3.8) is 0 Å². The molecule has 0 aliphatic heterocycles. The summed E-state index contributed by atoms with van der Waals surface area (Å²) in [5.41, 5.74) is 6.01. The number of sulfonamides is 1. The first-order valence-electron chi connectivity index (χ1n) is 6.11. The Morgan fingerprint density at radius 2 is 2.33 bits per heavy atom. The molecular formula is C11H20N4O2S. The summed E-state index contributed by atoms with van der Waals surface area (Å²) in [7, 11) is -3.56. The van der Waals surface area contributed by atoms with E-state index in [0.29, 0.717) is 5.56 Å². The van der Waals surface area contributed by atoms with Crippen molar-refractivity contribution in [2.24, 2.45) is 11.1 Å². The van der Waals surface area contributed by atoms with E-state index in [0.717, 1.165) is 19.3 Å². The van der Waals surface area contributed by atoms with Crippen molar-refractivity contribution in [1.29, 1.82) is 0 Å². The van der Waals surface area contributed by atoms with E-state index >= 15 is 0 Å². The van der Waals surface area contributed by atoms with Crippen LogP contribution in [0.5, 0.6) is 0 Å². The molecule has 0 aromatic carbocycles. The van der Waals surface area contributed by atoms with Crippen LogP contribution in [0.1, 0.15) is 38.7 Å². The Morgan fingerprint density at radius 3 is 2.89 bits per heavy atom. The summed E-state index contributed by atoms with van der Waals surface area (Å²) >= 11 is 0. The Balaban J connectivity index is 2.23. The monoisotopic (exact) mass is 272 g/mol. The molecule has 1 fully saturated rings. The van der Waals surface area contributed by atoms with Crippen LogP contribution in [0.25, 0.3) is 0 Å². The lowest BCUT2D eigenvalue weighted by Crippen LogP contribution is -2.41. The minimum atomic E-state index is -3.56. The summed E-state index contributed by atoms with van der Waals surface area (Å²) < 4.78 is 27.3. The molecule has 1 heterocycles. The summed E-state index contributed by atoms with van der Waals surface area (Å²) in [6.45, 7) is 4.33. The Kier molecular flexibility index (Phi) is 3.48. The molecule has 7 heteroatoms. The van der Waals surface area contributed by atoms with Crippen LogP contribution in [-0.4, -0.2) is 24.7 Å². The number of nitrogens with zero attached hydrogens (tertiary/aromatic N) is 1. The summed E-state index contributed by atoms with van der Waals surface area (Å²) in [5, 5.41) is 6.35.